The summed E-state index contributed by atoms with van der Waals surface area (Å²) in [6.45, 7) is 7.93. The van der Waals surface area contributed by atoms with Crippen molar-refractivity contribution in [2.24, 2.45) is 0 Å². The third-order valence-corrected chi connectivity index (χ3v) is 3.40. The summed E-state index contributed by atoms with van der Waals surface area (Å²) in [6.07, 6.45) is 14.1. The third kappa shape index (κ3) is 17.1. The van der Waals surface area contributed by atoms with Crippen molar-refractivity contribution >= 4 is 5.97 Å². The van der Waals surface area contributed by atoms with E-state index in [0.717, 1.165) is 6.42 Å². The molecule has 0 aliphatic carbocycles. The van der Waals surface area contributed by atoms with Gasteiger partial charge in [-0.15, -0.1) is 11.8 Å². The van der Waals surface area contributed by atoms with Crippen LogP contribution in [0.15, 0.2) is 0 Å². The summed E-state index contributed by atoms with van der Waals surface area (Å²) < 4.78 is 5.24. The van der Waals surface area contributed by atoms with Gasteiger partial charge in [-0.25, -0.2) is 0 Å². The molecule has 0 amide bonds. The van der Waals surface area contributed by atoms with Crippen molar-refractivity contribution in [1.82, 2.24) is 0 Å². The Balaban J connectivity index is 3.34. The van der Waals surface area contributed by atoms with Gasteiger partial charge in [-0.1, -0.05) is 58.3 Å². The summed E-state index contributed by atoms with van der Waals surface area (Å²) in [4.78, 5) is 11.5. The molecule has 0 fully saturated rings. The lowest BCUT2D eigenvalue weighted by molar-refractivity contribution is -0.154. The molecule has 2 nitrogen and oxygen atoms in total. The van der Waals surface area contributed by atoms with Gasteiger partial charge in [0.05, 0.1) is 6.42 Å². The maximum Gasteiger partial charge on any atom is 0.307 e. The lowest BCUT2D eigenvalue weighted by Crippen LogP contribution is -2.23. The van der Waals surface area contributed by atoms with Crippen LogP contribution in [-0.2, 0) is 9.53 Å². The van der Waals surface area contributed by atoms with Gasteiger partial charge in [0, 0.05) is 12.8 Å². The number of unbranched alkanes of at least 4 members (excludes halogenated alkanes) is 9. The van der Waals surface area contributed by atoms with Crippen LogP contribution >= 0.6 is 0 Å². The van der Waals surface area contributed by atoms with Crippen LogP contribution in [0.5, 0.6) is 0 Å². The van der Waals surface area contributed by atoms with Crippen molar-refractivity contribution in [3.63, 3.8) is 0 Å². The van der Waals surface area contributed by atoms with Crippen molar-refractivity contribution in [3.05, 3.63) is 0 Å². The minimum absolute atomic E-state index is 0.148. The molecule has 128 valence electrons. The highest BCUT2D eigenvalue weighted by Gasteiger charge is 2.15. The Bertz CT molecular complexity index is 328. The third-order valence-electron chi connectivity index (χ3n) is 3.40. The Morgan fingerprint density at radius 2 is 1.32 bits per heavy atom. The molecule has 0 aromatic carbocycles. The second kappa shape index (κ2) is 13.7. The van der Waals surface area contributed by atoms with E-state index in [9.17, 15) is 4.79 Å². The number of carbonyl (C=O) groups excluding carboxylic acids is 1. The van der Waals surface area contributed by atoms with Gasteiger partial charge in [0.15, 0.2) is 0 Å². The van der Waals surface area contributed by atoms with E-state index in [0.29, 0.717) is 12.8 Å². The molecule has 0 spiro atoms. The van der Waals surface area contributed by atoms with E-state index in [2.05, 4.69) is 18.8 Å². The molecule has 2 heteroatoms. The van der Waals surface area contributed by atoms with E-state index in [-0.39, 0.29) is 11.6 Å². The highest BCUT2D eigenvalue weighted by molar-refractivity contribution is 5.70. The van der Waals surface area contributed by atoms with E-state index in [1.54, 1.807) is 0 Å². The Morgan fingerprint density at radius 1 is 0.818 bits per heavy atom. The van der Waals surface area contributed by atoms with Gasteiger partial charge in [-0.3, -0.25) is 4.79 Å². The zero-order valence-electron chi connectivity index (χ0n) is 15.3. The van der Waals surface area contributed by atoms with Crippen LogP contribution in [0.1, 0.15) is 105 Å². The lowest BCUT2D eigenvalue weighted by Gasteiger charge is -2.18. The SMILES string of the molecule is CCCCCCCCCCCC#CCCC(=O)OC(C)(C)C. The maximum absolute atomic E-state index is 11.5. The fraction of sp³-hybridized carbons (Fsp3) is 0.850. The fourth-order valence-corrected chi connectivity index (χ4v) is 2.26. The average molecular weight is 309 g/mol. The summed E-state index contributed by atoms with van der Waals surface area (Å²) >= 11 is 0. The van der Waals surface area contributed by atoms with Crippen molar-refractivity contribution in [2.45, 2.75) is 110 Å². The fourth-order valence-electron chi connectivity index (χ4n) is 2.26. The van der Waals surface area contributed by atoms with Crippen LogP contribution in [0.3, 0.4) is 0 Å². The predicted octanol–water partition coefficient (Wildman–Crippen LogP) is 6.03. The highest BCUT2D eigenvalue weighted by Crippen LogP contribution is 2.10. The van der Waals surface area contributed by atoms with Crippen molar-refractivity contribution in [3.8, 4) is 11.8 Å². The topological polar surface area (TPSA) is 26.3 Å². The summed E-state index contributed by atoms with van der Waals surface area (Å²) in [5, 5.41) is 0. The second-order valence-electron chi connectivity index (χ2n) is 7.02. The van der Waals surface area contributed by atoms with Gasteiger partial charge in [-0.05, 0) is 27.2 Å². The molecular weight excluding hydrogens is 272 g/mol. The Kier molecular flexibility index (Phi) is 13.1. The van der Waals surface area contributed by atoms with Crippen molar-refractivity contribution < 1.29 is 9.53 Å². The van der Waals surface area contributed by atoms with Gasteiger partial charge < -0.3 is 4.74 Å². The van der Waals surface area contributed by atoms with E-state index < -0.39 is 0 Å². The predicted molar refractivity (Wildman–Crippen MR) is 94.7 cm³/mol. The molecule has 0 unspecified atom stereocenters. The molecule has 0 radical (unpaired) electrons. The number of ether oxygens (including phenoxy) is 1. The summed E-state index contributed by atoms with van der Waals surface area (Å²) in [5.74, 6) is 6.09. The van der Waals surface area contributed by atoms with E-state index in [4.69, 9.17) is 4.74 Å². The Morgan fingerprint density at radius 3 is 1.86 bits per heavy atom. The van der Waals surface area contributed by atoms with Crippen LogP contribution < -0.4 is 0 Å². The molecule has 0 aromatic rings. The van der Waals surface area contributed by atoms with Crippen LogP contribution in [0.25, 0.3) is 0 Å². The number of hydrogen-bond acceptors (Lipinski definition) is 2. The molecule has 0 rings (SSSR count). The summed E-state index contributed by atoms with van der Waals surface area (Å²) in [5.41, 5.74) is -0.388. The van der Waals surface area contributed by atoms with Gasteiger partial charge in [0.1, 0.15) is 5.60 Å². The summed E-state index contributed by atoms with van der Waals surface area (Å²) in [7, 11) is 0. The van der Waals surface area contributed by atoms with Crippen molar-refractivity contribution in [1.29, 1.82) is 0 Å². The molecule has 0 N–H and O–H groups in total. The zero-order chi connectivity index (χ0) is 16.7. The van der Waals surface area contributed by atoms with Gasteiger partial charge in [-0.2, -0.15) is 0 Å². The Hall–Kier alpha value is -0.970. The zero-order valence-corrected chi connectivity index (χ0v) is 15.3. The number of hydrogen-bond donors (Lipinski definition) is 0. The first-order valence-electron chi connectivity index (χ1n) is 9.13. The number of esters is 1. The molecule has 0 saturated carbocycles. The molecule has 0 saturated heterocycles. The molecule has 0 aliphatic heterocycles. The Labute approximate surface area is 138 Å². The number of rotatable bonds is 11. The second-order valence-corrected chi connectivity index (χ2v) is 7.02. The molecule has 0 atom stereocenters. The average Bonchev–Trinajstić information content (AvgIpc) is 2.42. The van der Waals surface area contributed by atoms with E-state index >= 15 is 0 Å². The lowest BCUT2D eigenvalue weighted by atomic mass is 10.1. The monoisotopic (exact) mass is 308 g/mol. The van der Waals surface area contributed by atoms with Crippen LogP contribution in [0, 0.1) is 11.8 Å². The van der Waals surface area contributed by atoms with E-state index in [1.807, 2.05) is 20.8 Å². The van der Waals surface area contributed by atoms with Crippen molar-refractivity contribution in [2.75, 3.05) is 0 Å². The largest absolute Gasteiger partial charge is 0.460 e. The molecule has 0 bridgehead atoms. The molecule has 0 aromatic heterocycles. The highest BCUT2D eigenvalue weighted by atomic mass is 16.6. The molecular formula is C20H36O2. The standard InChI is InChI=1S/C20H36O2/c1-5-6-7-8-9-10-11-12-13-14-15-16-17-18-19(21)22-20(2,3)4/h5-14,17-18H2,1-4H3. The molecule has 22 heavy (non-hydrogen) atoms. The molecule has 0 aliphatic rings. The first kappa shape index (κ1) is 21.0. The van der Waals surface area contributed by atoms with Gasteiger partial charge in [0.2, 0.25) is 0 Å². The maximum atomic E-state index is 11.5. The minimum Gasteiger partial charge on any atom is -0.460 e. The smallest absolute Gasteiger partial charge is 0.307 e. The summed E-state index contributed by atoms with van der Waals surface area (Å²) in [6, 6.07) is 0. The van der Waals surface area contributed by atoms with Crippen LogP contribution in [-0.4, -0.2) is 11.6 Å². The van der Waals surface area contributed by atoms with Gasteiger partial charge in [0.25, 0.3) is 0 Å². The first-order valence-corrected chi connectivity index (χ1v) is 9.13. The van der Waals surface area contributed by atoms with Crippen LogP contribution in [0.2, 0.25) is 0 Å². The molecule has 0 heterocycles. The first-order chi connectivity index (χ1) is 10.5. The quantitative estimate of drug-likeness (QED) is 0.264. The van der Waals surface area contributed by atoms with E-state index in [1.165, 1.54) is 57.8 Å². The van der Waals surface area contributed by atoms with Crippen LogP contribution in [0.4, 0.5) is 0 Å². The van der Waals surface area contributed by atoms with Gasteiger partial charge >= 0.3 is 5.97 Å². The number of carbonyl (C=O) groups is 1. The normalized spacial score (nSPS) is 10.9. The minimum atomic E-state index is -0.388.